The van der Waals surface area contributed by atoms with Crippen molar-refractivity contribution >= 4 is 5.97 Å². The third-order valence-electron chi connectivity index (χ3n) is 4.56. The van der Waals surface area contributed by atoms with Crippen LogP contribution in [0.15, 0.2) is 42.5 Å². The molecule has 3 rings (SSSR count). The Morgan fingerprint density at radius 1 is 1.19 bits per heavy atom. The van der Waals surface area contributed by atoms with Gasteiger partial charge in [-0.1, -0.05) is 36.4 Å². The summed E-state index contributed by atoms with van der Waals surface area (Å²) in [4.78, 5) is 10.5. The lowest BCUT2D eigenvalue weighted by Gasteiger charge is -2.35. The predicted octanol–water partition coefficient (Wildman–Crippen LogP) is 4.63. The monoisotopic (exact) mass is 358 g/mol. The van der Waals surface area contributed by atoms with E-state index in [-0.39, 0.29) is 30.4 Å². The Kier molecular flexibility index (Phi) is 5.57. The second-order valence-corrected chi connectivity index (χ2v) is 6.90. The minimum absolute atomic E-state index is 0.0121. The van der Waals surface area contributed by atoms with Crippen LogP contribution in [0, 0.1) is 5.82 Å². The molecule has 0 aromatic heterocycles. The Morgan fingerprint density at radius 2 is 1.88 bits per heavy atom. The van der Waals surface area contributed by atoms with E-state index in [0.29, 0.717) is 11.5 Å². The van der Waals surface area contributed by atoms with Crippen LogP contribution >= 0.6 is 0 Å². The van der Waals surface area contributed by atoms with Gasteiger partial charge < -0.3 is 14.6 Å². The lowest BCUT2D eigenvalue weighted by atomic mass is 9.77. The van der Waals surface area contributed by atoms with E-state index in [1.54, 1.807) is 18.2 Å². The molecule has 0 spiro atoms. The van der Waals surface area contributed by atoms with Crippen LogP contribution < -0.4 is 4.74 Å². The van der Waals surface area contributed by atoms with Crippen LogP contribution in [0.5, 0.6) is 5.75 Å². The smallest absolute Gasteiger partial charge is 0.329 e. The zero-order chi connectivity index (χ0) is 18.7. The summed E-state index contributed by atoms with van der Waals surface area (Å²) in [5, 5.41) is 8.63. The van der Waals surface area contributed by atoms with E-state index < -0.39 is 5.97 Å². The molecule has 1 fully saturated rings. The van der Waals surface area contributed by atoms with Gasteiger partial charge in [-0.2, -0.15) is 0 Å². The number of halogens is 1. The van der Waals surface area contributed by atoms with Crippen LogP contribution in [0.3, 0.4) is 0 Å². The van der Waals surface area contributed by atoms with Crippen LogP contribution in [0.2, 0.25) is 0 Å². The lowest BCUT2D eigenvalue weighted by Crippen LogP contribution is -2.31. The van der Waals surface area contributed by atoms with Crippen LogP contribution in [0.25, 0.3) is 11.1 Å². The largest absolute Gasteiger partial charge is 0.488 e. The van der Waals surface area contributed by atoms with Gasteiger partial charge >= 0.3 is 5.97 Å². The average molecular weight is 358 g/mol. The fourth-order valence-electron chi connectivity index (χ4n) is 3.18. The van der Waals surface area contributed by atoms with Gasteiger partial charge in [0.15, 0.2) is 11.6 Å². The number of ether oxygens (including phenoxy) is 2. The summed E-state index contributed by atoms with van der Waals surface area (Å²) < 4.78 is 25.5. The van der Waals surface area contributed by atoms with Crippen molar-refractivity contribution in [2.24, 2.45) is 0 Å². The molecular formula is C21H23FO4. The first kappa shape index (κ1) is 18.4. The van der Waals surface area contributed by atoms with Gasteiger partial charge in [0.1, 0.15) is 6.61 Å². The van der Waals surface area contributed by atoms with Crippen LogP contribution in [0.1, 0.15) is 38.2 Å². The third-order valence-corrected chi connectivity index (χ3v) is 4.56. The Labute approximate surface area is 152 Å². The first-order valence-corrected chi connectivity index (χ1v) is 8.83. The summed E-state index contributed by atoms with van der Waals surface area (Å²) in [5.41, 5.74) is 2.49. The quantitative estimate of drug-likeness (QED) is 0.784. The summed E-state index contributed by atoms with van der Waals surface area (Å²) in [5.74, 6) is -0.662. The number of aliphatic carboxylic acids is 1. The number of hydrogen-bond acceptors (Lipinski definition) is 3. The van der Waals surface area contributed by atoms with E-state index in [1.807, 2.05) is 38.1 Å². The van der Waals surface area contributed by atoms with Crippen molar-refractivity contribution in [2.45, 2.75) is 44.8 Å². The SMILES string of the molecule is CC(C)Oc1cccc(-c2ccc(C3CC(OCC(=O)O)C3)cc2)c1F. The molecule has 0 aliphatic heterocycles. The second kappa shape index (κ2) is 7.87. The molecule has 0 atom stereocenters. The minimum Gasteiger partial charge on any atom is -0.488 e. The summed E-state index contributed by atoms with van der Waals surface area (Å²) in [6.07, 6.45) is 1.56. The van der Waals surface area contributed by atoms with E-state index in [1.165, 1.54) is 5.56 Å². The first-order valence-electron chi connectivity index (χ1n) is 8.83. The molecule has 5 heteroatoms. The van der Waals surface area contributed by atoms with Gasteiger partial charge in [0, 0.05) is 5.56 Å². The van der Waals surface area contributed by atoms with Crippen molar-refractivity contribution in [1.82, 2.24) is 0 Å². The fourth-order valence-corrected chi connectivity index (χ4v) is 3.18. The van der Waals surface area contributed by atoms with E-state index in [0.717, 1.165) is 18.4 Å². The van der Waals surface area contributed by atoms with Gasteiger partial charge in [-0.15, -0.1) is 0 Å². The molecule has 26 heavy (non-hydrogen) atoms. The maximum absolute atomic E-state index is 14.7. The Hall–Kier alpha value is -2.40. The van der Waals surface area contributed by atoms with Crippen molar-refractivity contribution in [3.63, 3.8) is 0 Å². The number of carbonyl (C=O) groups is 1. The normalized spacial score (nSPS) is 19.2. The second-order valence-electron chi connectivity index (χ2n) is 6.90. The fraction of sp³-hybridized carbons (Fsp3) is 0.381. The molecule has 0 amide bonds. The van der Waals surface area contributed by atoms with Gasteiger partial charge in [0.05, 0.1) is 12.2 Å². The Morgan fingerprint density at radius 3 is 2.50 bits per heavy atom. The van der Waals surface area contributed by atoms with Gasteiger partial charge in [-0.3, -0.25) is 0 Å². The maximum atomic E-state index is 14.7. The molecule has 1 aliphatic carbocycles. The number of carboxylic acid groups (broad SMARTS) is 1. The number of rotatable bonds is 7. The van der Waals surface area contributed by atoms with Gasteiger partial charge in [-0.05, 0) is 49.8 Å². The van der Waals surface area contributed by atoms with Crippen molar-refractivity contribution in [3.8, 4) is 16.9 Å². The molecule has 2 aromatic rings. The molecule has 4 nitrogen and oxygen atoms in total. The highest BCUT2D eigenvalue weighted by Crippen LogP contribution is 2.39. The zero-order valence-corrected chi connectivity index (χ0v) is 14.9. The van der Waals surface area contributed by atoms with E-state index in [9.17, 15) is 9.18 Å². The van der Waals surface area contributed by atoms with Crippen LogP contribution in [0.4, 0.5) is 4.39 Å². The molecule has 1 N–H and O–H groups in total. The van der Waals surface area contributed by atoms with E-state index in [2.05, 4.69) is 0 Å². The standard InChI is InChI=1S/C21H23FO4/c1-13(2)26-19-5-3-4-18(21(19)22)15-8-6-14(7-9-15)16-10-17(11-16)25-12-20(23)24/h3-9,13,16-17H,10-12H2,1-2H3,(H,23,24). The van der Waals surface area contributed by atoms with Gasteiger partial charge in [-0.25, -0.2) is 9.18 Å². The summed E-state index contributed by atoms with van der Waals surface area (Å²) in [6.45, 7) is 3.49. The average Bonchev–Trinajstić information content (AvgIpc) is 2.55. The molecule has 1 saturated carbocycles. The summed E-state index contributed by atoms with van der Waals surface area (Å²) in [6, 6.07) is 13.0. The van der Waals surface area contributed by atoms with E-state index >= 15 is 0 Å². The highest BCUT2D eigenvalue weighted by Gasteiger charge is 2.31. The van der Waals surface area contributed by atoms with Crippen molar-refractivity contribution in [3.05, 3.63) is 53.8 Å². The van der Waals surface area contributed by atoms with Gasteiger partial charge in [0.25, 0.3) is 0 Å². The molecule has 138 valence electrons. The van der Waals surface area contributed by atoms with Crippen molar-refractivity contribution < 1.29 is 23.8 Å². The first-order chi connectivity index (χ1) is 12.4. The molecule has 0 radical (unpaired) electrons. The number of carboxylic acids is 1. The number of benzene rings is 2. The maximum Gasteiger partial charge on any atom is 0.329 e. The highest BCUT2D eigenvalue weighted by atomic mass is 19.1. The van der Waals surface area contributed by atoms with Gasteiger partial charge in [0.2, 0.25) is 0 Å². The minimum atomic E-state index is -0.941. The molecule has 0 unspecified atom stereocenters. The molecule has 1 aliphatic rings. The molecule has 0 bridgehead atoms. The van der Waals surface area contributed by atoms with Crippen LogP contribution in [-0.2, 0) is 9.53 Å². The van der Waals surface area contributed by atoms with Crippen molar-refractivity contribution in [2.75, 3.05) is 6.61 Å². The molecular weight excluding hydrogens is 335 g/mol. The Balaban J connectivity index is 1.67. The molecule has 2 aromatic carbocycles. The van der Waals surface area contributed by atoms with Crippen LogP contribution in [-0.4, -0.2) is 29.9 Å². The molecule has 0 heterocycles. The Bertz CT molecular complexity index is 764. The number of hydrogen-bond donors (Lipinski definition) is 1. The molecule has 0 saturated heterocycles. The lowest BCUT2D eigenvalue weighted by molar-refractivity contribution is -0.146. The van der Waals surface area contributed by atoms with E-state index in [4.69, 9.17) is 14.6 Å². The predicted molar refractivity (Wildman–Crippen MR) is 97.0 cm³/mol. The van der Waals surface area contributed by atoms with Crippen molar-refractivity contribution in [1.29, 1.82) is 0 Å². The highest BCUT2D eigenvalue weighted by molar-refractivity contribution is 5.68. The third kappa shape index (κ3) is 4.22. The topological polar surface area (TPSA) is 55.8 Å². The summed E-state index contributed by atoms with van der Waals surface area (Å²) >= 11 is 0. The zero-order valence-electron chi connectivity index (χ0n) is 14.9. The summed E-state index contributed by atoms with van der Waals surface area (Å²) in [7, 11) is 0.